The van der Waals surface area contributed by atoms with Crippen LogP contribution in [0.1, 0.15) is 12.5 Å². The molecule has 0 heterocycles. The number of halogens is 1. The fraction of sp³-hybridized carbons (Fsp3) is 0.111. The molecule has 3 heteroatoms. The van der Waals surface area contributed by atoms with Crippen molar-refractivity contribution in [2.75, 3.05) is 5.48 Å². The van der Waals surface area contributed by atoms with Crippen LogP contribution in [0.3, 0.4) is 0 Å². The Morgan fingerprint density at radius 1 is 1.58 bits per heavy atom. The van der Waals surface area contributed by atoms with Crippen LogP contribution in [-0.2, 0) is 0 Å². The van der Waals surface area contributed by atoms with Crippen LogP contribution in [0.25, 0.3) is 5.57 Å². The minimum absolute atomic E-state index is 0.0694. The molecule has 12 heavy (non-hydrogen) atoms. The third-order valence-electron chi connectivity index (χ3n) is 1.58. The number of nitrogens with one attached hydrogen (secondary N) is 1. The molecule has 2 N–H and O–H groups in total. The van der Waals surface area contributed by atoms with Crippen molar-refractivity contribution in [1.29, 1.82) is 0 Å². The molecule has 64 valence electrons. The van der Waals surface area contributed by atoms with Crippen LogP contribution in [0.15, 0.2) is 24.8 Å². The molecular formula is C9H10FNO. The van der Waals surface area contributed by atoms with E-state index < -0.39 is 5.82 Å². The Bertz CT molecular complexity index is 309. The maximum absolute atomic E-state index is 12.9. The lowest BCUT2D eigenvalue weighted by molar-refractivity contribution is 0.384. The van der Waals surface area contributed by atoms with Crippen molar-refractivity contribution in [2.24, 2.45) is 0 Å². The minimum Gasteiger partial charge on any atom is -0.291 e. The molecule has 1 aromatic rings. The molecule has 0 aliphatic carbocycles. The van der Waals surface area contributed by atoms with Gasteiger partial charge in [0.25, 0.3) is 0 Å². The Hall–Kier alpha value is -1.35. The Balaban J connectivity index is 3.10. The summed E-state index contributed by atoms with van der Waals surface area (Å²) in [6.45, 7) is 5.46. The Kier molecular flexibility index (Phi) is 2.45. The van der Waals surface area contributed by atoms with Crippen molar-refractivity contribution in [3.63, 3.8) is 0 Å². The maximum atomic E-state index is 12.9. The molecule has 0 atom stereocenters. The summed E-state index contributed by atoms with van der Waals surface area (Å²) >= 11 is 0. The molecular weight excluding hydrogens is 157 g/mol. The molecule has 1 aromatic carbocycles. The summed E-state index contributed by atoms with van der Waals surface area (Å²) in [4.78, 5) is 0. The smallest absolute Gasteiger partial charge is 0.149 e. The molecule has 0 saturated heterocycles. The van der Waals surface area contributed by atoms with Crippen molar-refractivity contribution >= 4 is 11.3 Å². The summed E-state index contributed by atoms with van der Waals surface area (Å²) in [5.74, 6) is -0.488. The van der Waals surface area contributed by atoms with Crippen LogP contribution >= 0.6 is 0 Å². The highest BCUT2D eigenvalue weighted by molar-refractivity contribution is 5.63. The zero-order valence-electron chi connectivity index (χ0n) is 6.76. The maximum Gasteiger partial charge on any atom is 0.149 e. The Morgan fingerprint density at radius 2 is 2.25 bits per heavy atom. The van der Waals surface area contributed by atoms with Crippen LogP contribution < -0.4 is 5.48 Å². The Morgan fingerprint density at radius 3 is 2.67 bits per heavy atom. The number of benzene rings is 1. The predicted octanol–water partition coefficient (Wildman–Crippen LogP) is 2.66. The Labute approximate surface area is 70.3 Å². The van der Waals surface area contributed by atoms with Gasteiger partial charge in [-0.3, -0.25) is 10.7 Å². The normalized spacial score (nSPS) is 9.58. The van der Waals surface area contributed by atoms with Crippen molar-refractivity contribution in [2.45, 2.75) is 6.92 Å². The van der Waals surface area contributed by atoms with E-state index in [9.17, 15) is 4.39 Å². The molecule has 2 nitrogen and oxygen atoms in total. The first-order valence-electron chi connectivity index (χ1n) is 3.50. The third kappa shape index (κ3) is 1.62. The van der Waals surface area contributed by atoms with E-state index in [0.29, 0.717) is 0 Å². The highest BCUT2D eigenvalue weighted by Gasteiger charge is 2.01. The summed E-state index contributed by atoms with van der Waals surface area (Å²) in [7, 11) is 0. The quantitative estimate of drug-likeness (QED) is 0.663. The predicted molar refractivity (Wildman–Crippen MR) is 46.5 cm³/mol. The van der Waals surface area contributed by atoms with Gasteiger partial charge in [0, 0.05) is 0 Å². The molecule has 0 saturated carbocycles. The lowest BCUT2D eigenvalue weighted by atomic mass is 10.1. The summed E-state index contributed by atoms with van der Waals surface area (Å²) in [6.07, 6.45) is 0. The van der Waals surface area contributed by atoms with Crippen LogP contribution in [0.5, 0.6) is 0 Å². The van der Waals surface area contributed by atoms with Crippen molar-refractivity contribution in [3.05, 3.63) is 36.2 Å². The van der Waals surface area contributed by atoms with E-state index in [-0.39, 0.29) is 5.69 Å². The van der Waals surface area contributed by atoms with Crippen molar-refractivity contribution in [3.8, 4) is 0 Å². The van der Waals surface area contributed by atoms with Crippen LogP contribution in [0.4, 0.5) is 10.1 Å². The molecule has 0 aliphatic heterocycles. The first kappa shape index (κ1) is 8.74. The highest BCUT2D eigenvalue weighted by Crippen LogP contribution is 2.18. The van der Waals surface area contributed by atoms with Gasteiger partial charge in [-0.15, -0.1) is 0 Å². The summed E-state index contributed by atoms with van der Waals surface area (Å²) < 4.78 is 12.9. The van der Waals surface area contributed by atoms with Gasteiger partial charge in [-0.2, -0.15) is 0 Å². The fourth-order valence-electron chi connectivity index (χ4n) is 0.871. The molecule has 0 bridgehead atoms. The van der Waals surface area contributed by atoms with Gasteiger partial charge in [0.2, 0.25) is 0 Å². The molecule has 0 aliphatic rings. The number of allylic oxidation sites excluding steroid dienone is 1. The first-order valence-corrected chi connectivity index (χ1v) is 3.50. The second-order valence-corrected chi connectivity index (χ2v) is 2.59. The highest BCUT2D eigenvalue weighted by atomic mass is 19.1. The molecule has 0 unspecified atom stereocenters. The number of anilines is 1. The van der Waals surface area contributed by atoms with Crippen molar-refractivity contribution < 1.29 is 9.60 Å². The lowest BCUT2D eigenvalue weighted by Gasteiger charge is -2.03. The average molecular weight is 167 g/mol. The second-order valence-electron chi connectivity index (χ2n) is 2.59. The molecule has 0 fully saturated rings. The number of rotatable bonds is 2. The van der Waals surface area contributed by atoms with Crippen LogP contribution in [-0.4, -0.2) is 5.21 Å². The van der Waals surface area contributed by atoms with Gasteiger partial charge >= 0.3 is 0 Å². The van der Waals surface area contributed by atoms with E-state index >= 15 is 0 Å². The van der Waals surface area contributed by atoms with Gasteiger partial charge < -0.3 is 0 Å². The van der Waals surface area contributed by atoms with E-state index in [4.69, 9.17) is 5.21 Å². The van der Waals surface area contributed by atoms with Crippen LogP contribution in [0.2, 0.25) is 0 Å². The number of hydrogen-bond acceptors (Lipinski definition) is 2. The van der Waals surface area contributed by atoms with Gasteiger partial charge in [0.1, 0.15) is 5.82 Å². The summed E-state index contributed by atoms with van der Waals surface area (Å²) in [6, 6.07) is 4.46. The minimum atomic E-state index is -0.488. The van der Waals surface area contributed by atoms with E-state index in [1.807, 2.05) is 0 Å². The average Bonchev–Trinajstić information content (AvgIpc) is 2.04. The van der Waals surface area contributed by atoms with Gasteiger partial charge in [0.15, 0.2) is 0 Å². The zero-order chi connectivity index (χ0) is 9.14. The topological polar surface area (TPSA) is 32.3 Å². The molecule has 0 amide bonds. The van der Waals surface area contributed by atoms with Gasteiger partial charge in [0.05, 0.1) is 5.69 Å². The molecule has 0 aromatic heterocycles. The van der Waals surface area contributed by atoms with E-state index in [1.165, 1.54) is 12.1 Å². The summed E-state index contributed by atoms with van der Waals surface area (Å²) in [5, 5.41) is 8.44. The van der Waals surface area contributed by atoms with Gasteiger partial charge in [-0.05, 0) is 24.6 Å². The lowest BCUT2D eigenvalue weighted by Crippen LogP contribution is -1.93. The third-order valence-corrected chi connectivity index (χ3v) is 1.58. The second kappa shape index (κ2) is 3.36. The van der Waals surface area contributed by atoms with Gasteiger partial charge in [-0.25, -0.2) is 4.39 Å². The molecule has 1 rings (SSSR count). The largest absolute Gasteiger partial charge is 0.291 e. The molecule has 0 spiro atoms. The van der Waals surface area contributed by atoms with E-state index in [2.05, 4.69) is 6.58 Å². The standard InChI is InChI=1S/C9H10FNO/c1-6(2)7-3-4-9(11-12)8(10)5-7/h3-5,11-12H,1H2,2H3. The SMILES string of the molecule is C=C(C)c1ccc(NO)c(F)c1. The molecule has 0 radical (unpaired) electrons. The van der Waals surface area contributed by atoms with Crippen LogP contribution in [0, 0.1) is 5.82 Å². The zero-order valence-corrected chi connectivity index (χ0v) is 6.76. The first-order chi connectivity index (χ1) is 5.65. The fourth-order valence-corrected chi connectivity index (χ4v) is 0.871. The number of hydrogen-bond donors (Lipinski definition) is 2. The van der Waals surface area contributed by atoms with E-state index in [1.54, 1.807) is 18.5 Å². The monoisotopic (exact) mass is 167 g/mol. The van der Waals surface area contributed by atoms with Gasteiger partial charge in [-0.1, -0.05) is 18.2 Å². The van der Waals surface area contributed by atoms with Crippen molar-refractivity contribution in [1.82, 2.24) is 0 Å². The van der Waals surface area contributed by atoms with E-state index in [0.717, 1.165) is 11.1 Å². The summed E-state index contributed by atoms with van der Waals surface area (Å²) in [5.41, 5.74) is 3.34.